The van der Waals surface area contributed by atoms with Crippen molar-refractivity contribution >= 4 is 22.4 Å². The quantitative estimate of drug-likeness (QED) is 0.699. The molecule has 0 aliphatic carbocycles. The van der Waals surface area contributed by atoms with Crippen LogP contribution in [-0.4, -0.2) is 23.0 Å². The molecule has 1 aliphatic heterocycles. The van der Waals surface area contributed by atoms with Crippen molar-refractivity contribution in [1.82, 2.24) is 15.3 Å². The lowest BCUT2D eigenvalue weighted by atomic mass is 9.78. The fourth-order valence-electron chi connectivity index (χ4n) is 3.92. The third-order valence-corrected chi connectivity index (χ3v) is 5.10. The van der Waals surface area contributed by atoms with Crippen LogP contribution in [0.15, 0.2) is 77.9 Å². The molecule has 0 bridgehead atoms. The fraction of sp³-hybridized carbons (Fsp3) is 0.174. The lowest BCUT2D eigenvalue weighted by Gasteiger charge is -2.31. The Morgan fingerprint density at radius 1 is 0.964 bits per heavy atom. The van der Waals surface area contributed by atoms with E-state index in [0.717, 1.165) is 39.1 Å². The first-order valence-electron chi connectivity index (χ1n) is 9.13. The van der Waals surface area contributed by atoms with Crippen LogP contribution >= 0.6 is 0 Å². The van der Waals surface area contributed by atoms with Crippen molar-refractivity contribution in [2.24, 2.45) is 0 Å². The van der Waals surface area contributed by atoms with Gasteiger partial charge in [0.15, 0.2) is 0 Å². The number of carbonyl (C=O) groups is 1. The number of aromatic nitrogens is 2. The third-order valence-electron chi connectivity index (χ3n) is 5.10. The van der Waals surface area contributed by atoms with Crippen LogP contribution in [0.25, 0.3) is 16.5 Å². The zero-order chi connectivity index (χ0) is 19.7. The Morgan fingerprint density at radius 3 is 2.50 bits per heavy atom. The zero-order valence-corrected chi connectivity index (χ0v) is 16.1. The summed E-state index contributed by atoms with van der Waals surface area (Å²) >= 11 is 0. The molecule has 0 spiro atoms. The molecule has 0 saturated carbocycles. The molecule has 4 rings (SSSR count). The second kappa shape index (κ2) is 7.27. The summed E-state index contributed by atoms with van der Waals surface area (Å²) in [5.74, 6) is -0.659. The lowest BCUT2D eigenvalue weighted by Crippen LogP contribution is -2.28. The number of para-hydroxylation sites is 1. The van der Waals surface area contributed by atoms with Gasteiger partial charge in [-0.05, 0) is 43.7 Å². The molecule has 1 unspecified atom stereocenters. The van der Waals surface area contributed by atoms with E-state index in [1.165, 1.54) is 7.11 Å². The van der Waals surface area contributed by atoms with E-state index in [1.807, 2.05) is 62.4 Å². The standard InChI is InChI=1S/C23H21N3O2/c1-14-20(19-10-6-7-12-24-19)22(21(15(2)26-14)23(27)28-3)17-11-13-25-18-9-5-4-8-16(17)18/h4-13,22,26H,1-3H3. The molecule has 0 radical (unpaired) electrons. The normalized spacial score (nSPS) is 16.9. The average Bonchev–Trinajstić information content (AvgIpc) is 2.73. The number of ether oxygens (including phenoxy) is 1. The SMILES string of the molecule is COC(=O)C1=C(C)NC(C)=C(c2ccccn2)C1c1ccnc2ccccc12. The van der Waals surface area contributed by atoms with E-state index in [2.05, 4.69) is 15.3 Å². The van der Waals surface area contributed by atoms with E-state index in [9.17, 15) is 4.79 Å². The fourth-order valence-corrected chi connectivity index (χ4v) is 3.92. The Hall–Kier alpha value is -3.47. The molecule has 3 heterocycles. The van der Waals surface area contributed by atoms with Crippen LogP contribution in [0, 0.1) is 0 Å². The largest absolute Gasteiger partial charge is 0.466 e. The number of hydrogen-bond donors (Lipinski definition) is 1. The van der Waals surface area contributed by atoms with Crippen molar-refractivity contribution in [3.8, 4) is 0 Å². The Morgan fingerprint density at radius 2 is 1.75 bits per heavy atom. The number of nitrogens with one attached hydrogen (secondary N) is 1. The maximum atomic E-state index is 12.8. The average molecular weight is 371 g/mol. The predicted molar refractivity (Wildman–Crippen MR) is 109 cm³/mol. The molecule has 0 saturated heterocycles. The maximum absolute atomic E-state index is 12.8. The monoisotopic (exact) mass is 371 g/mol. The van der Waals surface area contributed by atoms with Gasteiger partial charge in [-0.25, -0.2) is 4.79 Å². The number of nitrogens with zero attached hydrogens (tertiary/aromatic N) is 2. The minimum absolute atomic E-state index is 0.309. The van der Waals surface area contributed by atoms with Crippen molar-refractivity contribution in [2.45, 2.75) is 19.8 Å². The van der Waals surface area contributed by atoms with Gasteiger partial charge in [-0.1, -0.05) is 24.3 Å². The summed E-state index contributed by atoms with van der Waals surface area (Å²) in [5, 5.41) is 4.35. The summed E-state index contributed by atoms with van der Waals surface area (Å²) in [4.78, 5) is 21.9. The Bertz CT molecular complexity index is 1110. The molecular formula is C23H21N3O2. The van der Waals surface area contributed by atoms with Gasteiger partial charge in [0, 0.05) is 40.7 Å². The number of benzene rings is 1. The number of allylic oxidation sites excluding steroid dienone is 3. The molecule has 140 valence electrons. The van der Waals surface area contributed by atoms with Crippen LogP contribution in [0.4, 0.5) is 0 Å². The van der Waals surface area contributed by atoms with Crippen molar-refractivity contribution in [2.75, 3.05) is 7.11 Å². The minimum Gasteiger partial charge on any atom is -0.466 e. The van der Waals surface area contributed by atoms with Gasteiger partial charge >= 0.3 is 5.97 Å². The highest BCUT2D eigenvalue weighted by Crippen LogP contribution is 2.44. The maximum Gasteiger partial charge on any atom is 0.336 e. The van der Waals surface area contributed by atoms with E-state index >= 15 is 0 Å². The summed E-state index contributed by atoms with van der Waals surface area (Å²) in [6.07, 6.45) is 3.55. The van der Waals surface area contributed by atoms with E-state index < -0.39 is 0 Å². The zero-order valence-electron chi connectivity index (χ0n) is 16.1. The van der Waals surface area contributed by atoms with Gasteiger partial charge in [0.2, 0.25) is 0 Å². The van der Waals surface area contributed by atoms with E-state index in [-0.39, 0.29) is 11.9 Å². The van der Waals surface area contributed by atoms with Crippen LogP contribution in [0.5, 0.6) is 0 Å². The van der Waals surface area contributed by atoms with Gasteiger partial charge in [-0.2, -0.15) is 0 Å². The molecule has 0 amide bonds. The van der Waals surface area contributed by atoms with Crippen molar-refractivity contribution in [1.29, 1.82) is 0 Å². The first kappa shape index (κ1) is 17.9. The number of esters is 1. The third kappa shape index (κ3) is 2.95. The first-order valence-corrected chi connectivity index (χ1v) is 9.13. The van der Waals surface area contributed by atoms with Crippen molar-refractivity contribution < 1.29 is 9.53 Å². The highest BCUT2D eigenvalue weighted by atomic mass is 16.5. The van der Waals surface area contributed by atoms with Crippen LogP contribution in [0.2, 0.25) is 0 Å². The summed E-state index contributed by atoms with van der Waals surface area (Å²) in [7, 11) is 1.41. The van der Waals surface area contributed by atoms with Gasteiger partial charge < -0.3 is 10.1 Å². The van der Waals surface area contributed by atoms with Gasteiger partial charge in [0.1, 0.15) is 0 Å². The molecule has 5 heteroatoms. The van der Waals surface area contributed by atoms with Crippen LogP contribution < -0.4 is 5.32 Å². The molecular weight excluding hydrogens is 350 g/mol. The first-order chi connectivity index (χ1) is 13.6. The molecule has 28 heavy (non-hydrogen) atoms. The second-order valence-corrected chi connectivity index (χ2v) is 6.76. The number of rotatable bonds is 3. The molecule has 1 atom stereocenters. The summed E-state index contributed by atoms with van der Waals surface area (Å²) in [6, 6.07) is 15.7. The minimum atomic E-state index is -0.350. The highest BCUT2D eigenvalue weighted by molar-refractivity contribution is 5.99. The number of dihydropyridines is 1. The second-order valence-electron chi connectivity index (χ2n) is 6.76. The Labute approximate surface area is 163 Å². The molecule has 1 aliphatic rings. The lowest BCUT2D eigenvalue weighted by molar-refractivity contribution is -0.136. The van der Waals surface area contributed by atoms with E-state index in [4.69, 9.17) is 4.74 Å². The van der Waals surface area contributed by atoms with Crippen LogP contribution in [-0.2, 0) is 9.53 Å². The molecule has 2 aromatic heterocycles. The molecule has 1 N–H and O–H groups in total. The molecule has 0 fully saturated rings. The van der Waals surface area contributed by atoms with E-state index in [1.54, 1.807) is 12.4 Å². The van der Waals surface area contributed by atoms with Crippen LogP contribution in [0.3, 0.4) is 0 Å². The number of hydrogen-bond acceptors (Lipinski definition) is 5. The van der Waals surface area contributed by atoms with E-state index in [0.29, 0.717) is 5.57 Å². The molecule has 1 aromatic carbocycles. The summed E-state index contributed by atoms with van der Waals surface area (Å²) < 4.78 is 5.15. The van der Waals surface area contributed by atoms with Crippen LogP contribution in [0.1, 0.15) is 31.0 Å². The predicted octanol–water partition coefficient (Wildman–Crippen LogP) is 4.19. The molecule has 3 aromatic rings. The highest BCUT2D eigenvalue weighted by Gasteiger charge is 2.35. The molecule has 5 nitrogen and oxygen atoms in total. The number of fused-ring (bicyclic) bond motifs is 1. The van der Waals surface area contributed by atoms with Gasteiger partial charge in [-0.3, -0.25) is 9.97 Å². The topological polar surface area (TPSA) is 64.1 Å². The summed E-state index contributed by atoms with van der Waals surface area (Å²) in [6.45, 7) is 3.92. The van der Waals surface area contributed by atoms with Gasteiger partial charge in [0.05, 0.1) is 23.9 Å². The smallest absolute Gasteiger partial charge is 0.336 e. The van der Waals surface area contributed by atoms with Crippen molar-refractivity contribution in [3.63, 3.8) is 0 Å². The number of carbonyl (C=O) groups excluding carboxylic acids is 1. The number of pyridine rings is 2. The Balaban J connectivity index is 2.03. The van der Waals surface area contributed by atoms with Gasteiger partial charge in [-0.15, -0.1) is 0 Å². The summed E-state index contributed by atoms with van der Waals surface area (Å²) in [5.41, 5.74) is 6.02. The van der Waals surface area contributed by atoms with Crippen molar-refractivity contribution in [3.05, 3.63) is 89.1 Å². The number of methoxy groups -OCH3 is 1. The Kier molecular flexibility index (Phi) is 4.65. The van der Waals surface area contributed by atoms with Gasteiger partial charge in [0.25, 0.3) is 0 Å².